The fourth-order valence-electron chi connectivity index (χ4n) is 2.22. The largest absolute Gasteiger partial charge is 0.508 e. The van der Waals surface area contributed by atoms with Crippen LogP contribution in [0.1, 0.15) is 24.4 Å². The Labute approximate surface area is 120 Å². The van der Waals surface area contributed by atoms with E-state index in [1.165, 1.54) is 0 Å². The Morgan fingerprint density at radius 2 is 2.10 bits per heavy atom. The Hall–Kier alpha value is -2.83. The van der Waals surface area contributed by atoms with Gasteiger partial charge in [0.15, 0.2) is 5.82 Å². The summed E-state index contributed by atoms with van der Waals surface area (Å²) in [6.07, 6.45) is 2.24. The minimum atomic E-state index is -1.05. The van der Waals surface area contributed by atoms with Crippen molar-refractivity contribution in [1.82, 2.24) is 14.8 Å². The lowest BCUT2D eigenvalue weighted by Crippen LogP contribution is -2.24. The van der Waals surface area contributed by atoms with Crippen molar-refractivity contribution >= 4 is 11.9 Å². The highest BCUT2D eigenvalue weighted by molar-refractivity contribution is 5.90. The second-order valence-corrected chi connectivity index (χ2v) is 4.70. The first-order chi connectivity index (χ1) is 10.1. The topological polar surface area (TPSA) is 100 Å². The first-order valence-electron chi connectivity index (χ1n) is 6.55. The highest BCUT2D eigenvalue weighted by atomic mass is 16.4. The number of allylic oxidation sites excluding steroid dienone is 1. The molecule has 2 aromatic rings. The zero-order valence-electron chi connectivity index (χ0n) is 11.3. The number of phenolic OH excluding ortho intramolecular Hbond substituents is 1. The van der Waals surface area contributed by atoms with Gasteiger partial charge < -0.3 is 15.5 Å². The van der Waals surface area contributed by atoms with Crippen LogP contribution in [0.5, 0.6) is 5.75 Å². The Kier molecular flexibility index (Phi) is 3.09. The number of aromatic hydroxyl groups is 1. The van der Waals surface area contributed by atoms with Crippen molar-refractivity contribution in [2.24, 2.45) is 0 Å². The van der Waals surface area contributed by atoms with Gasteiger partial charge in [-0.05, 0) is 23.8 Å². The predicted molar refractivity (Wildman–Crippen MR) is 75.0 cm³/mol. The Morgan fingerprint density at radius 1 is 1.38 bits per heavy atom. The summed E-state index contributed by atoms with van der Waals surface area (Å²) in [5, 5.41) is 25.7. The standard InChI is InChI=1S/C14H14N4O3/c1-2-12-16-14-15-10(13(20)21)7-11(18(14)17-12)8-3-5-9(19)6-4-8/h3-7,11,19H,2H2,1H3,(H,20,21)(H,15,16,17). The maximum Gasteiger partial charge on any atom is 0.352 e. The Morgan fingerprint density at radius 3 is 2.71 bits per heavy atom. The van der Waals surface area contributed by atoms with Gasteiger partial charge in [0.25, 0.3) is 0 Å². The van der Waals surface area contributed by atoms with E-state index >= 15 is 0 Å². The van der Waals surface area contributed by atoms with Crippen LogP contribution in [0.25, 0.3) is 0 Å². The molecule has 0 saturated heterocycles. The molecule has 1 atom stereocenters. The lowest BCUT2D eigenvalue weighted by molar-refractivity contribution is -0.132. The van der Waals surface area contributed by atoms with Crippen LogP contribution < -0.4 is 5.32 Å². The molecule has 3 rings (SSSR count). The second kappa shape index (κ2) is 4.93. The smallest absolute Gasteiger partial charge is 0.352 e. The number of fused-ring (bicyclic) bond motifs is 1. The zero-order chi connectivity index (χ0) is 15.0. The lowest BCUT2D eigenvalue weighted by atomic mass is 10.0. The summed E-state index contributed by atoms with van der Waals surface area (Å²) in [6.45, 7) is 1.93. The highest BCUT2D eigenvalue weighted by Crippen LogP contribution is 2.29. The highest BCUT2D eigenvalue weighted by Gasteiger charge is 2.26. The van der Waals surface area contributed by atoms with E-state index in [1.54, 1.807) is 35.0 Å². The first-order valence-corrected chi connectivity index (χ1v) is 6.55. The van der Waals surface area contributed by atoms with Crippen molar-refractivity contribution in [2.75, 3.05) is 5.32 Å². The van der Waals surface area contributed by atoms with Crippen molar-refractivity contribution < 1.29 is 15.0 Å². The van der Waals surface area contributed by atoms with Gasteiger partial charge in [0.1, 0.15) is 17.5 Å². The molecule has 0 bridgehead atoms. The van der Waals surface area contributed by atoms with Gasteiger partial charge in [-0.15, -0.1) is 0 Å². The lowest BCUT2D eigenvalue weighted by Gasteiger charge is -2.22. The van der Waals surface area contributed by atoms with Crippen LogP contribution in [-0.2, 0) is 11.2 Å². The van der Waals surface area contributed by atoms with E-state index in [4.69, 9.17) is 0 Å². The van der Waals surface area contributed by atoms with Gasteiger partial charge in [-0.1, -0.05) is 19.1 Å². The fourth-order valence-corrected chi connectivity index (χ4v) is 2.22. The molecule has 1 unspecified atom stereocenters. The summed E-state index contributed by atoms with van der Waals surface area (Å²) in [4.78, 5) is 15.5. The van der Waals surface area contributed by atoms with E-state index < -0.39 is 5.97 Å². The minimum Gasteiger partial charge on any atom is -0.508 e. The molecule has 7 nitrogen and oxygen atoms in total. The number of carboxylic acids is 1. The molecule has 1 aliphatic heterocycles. The summed E-state index contributed by atoms with van der Waals surface area (Å²) in [7, 11) is 0. The number of aromatic nitrogens is 3. The van der Waals surface area contributed by atoms with Gasteiger partial charge >= 0.3 is 5.97 Å². The zero-order valence-corrected chi connectivity index (χ0v) is 11.3. The third-order valence-electron chi connectivity index (χ3n) is 3.29. The third-order valence-corrected chi connectivity index (χ3v) is 3.29. The Bertz CT molecular complexity index is 718. The van der Waals surface area contributed by atoms with Gasteiger partial charge in [0.2, 0.25) is 5.95 Å². The Balaban J connectivity index is 2.10. The van der Waals surface area contributed by atoms with Gasteiger partial charge in [-0.3, -0.25) is 0 Å². The van der Waals surface area contributed by atoms with Gasteiger partial charge in [0, 0.05) is 6.42 Å². The van der Waals surface area contributed by atoms with Crippen molar-refractivity contribution in [2.45, 2.75) is 19.4 Å². The van der Waals surface area contributed by atoms with Crippen LogP contribution in [0.15, 0.2) is 36.0 Å². The summed E-state index contributed by atoms with van der Waals surface area (Å²) in [6, 6.07) is 6.21. The van der Waals surface area contributed by atoms with E-state index in [9.17, 15) is 15.0 Å². The molecule has 1 aromatic heterocycles. The van der Waals surface area contributed by atoms with E-state index in [-0.39, 0.29) is 17.5 Å². The first kappa shape index (κ1) is 13.2. The van der Waals surface area contributed by atoms with Gasteiger partial charge in [-0.2, -0.15) is 10.1 Å². The van der Waals surface area contributed by atoms with E-state index in [2.05, 4.69) is 15.4 Å². The molecule has 0 spiro atoms. The molecule has 7 heteroatoms. The average Bonchev–Trinajstić information content (AvgIpc) is 2.90. The SMILES string of the molecule is CCc1nc2n(n1)C(c1ccc(O)cc1)C=C(C(=O)O)N2. The van der Waals surface area contributed by atoms with Crippen molar-refractivity contribution in [3.8, 4) is 5.75 Å². The molecule has 1 aliphatic rings. The van der Waals surface area contributed by atoms with Gasteiger partial charge in [0.05, 0.1) is 0 Å². The number of aryl methyl sites for hydroxylation is 1. The summed E-state index contributed by atoms with van der Waals surface area (Å²) >= 11 is 0. The molecule has 1 aromatic carbocycles. The maximum absolute atomic E-state index is 11.2. The molecule has 0 amide bonds. The second-order valence-electron chi connectivity index (χ2n) is 4.70. The molecular formula is C14H14N4O3. The number of nitrogens with zero attached hydrogens (tertiary/aromatic N) is 3. The molecular weight excluding hydrogens is 272 g/mol. The molecule has 0 radical (unpaired) electrons. The molecule has 0 fully saturated rings. The number of carbonyl (C=O) groups is 1. The molecule has 0 saturated carbocycles. The predicted octanol–water partition coefficient (Wildman–Crippen LogP) is 1.53. The molecule has 0 aliphatic carbocycles. The number of hydrogen-bond acceptors (Lipinski definition) is 5. The molecule has 2 heterocycles. The fraction of sp³-hybridized carbons (Fsp3) is 0.214. The van der Waals surface area contributed by atoms with Crippen LogP contribution in [0.3, 0.4) is 0 Å². The minimum absolute atomic E-state index is 0.0654. The van der Waals surface area contributed by atoms with Crippen molar-refractivity contribution in [1.29, 1.82) is 0 Å². The third kappa shape index (κ3) is 2.33. The summed E-state index contributed by atoms with van der Waals surface area (Å²) < 4.78 is 1.65. The number of aliphatic carboxylic acids is 1. The van der Waals surface area contributed by atoms with Crippen LogP contribution >= 0.6 is 0 Å². The molecule has 108 valence electrons. The van der Waals surface area contributed by atoms with Crippen LogP contribution in [0.2, 0.25) is 0 Å². The van der Waals surface area contributed by atoms with Gasteiger partial charge in [-0.25, -0.2) is 9.48 Å². The summed E-state index contributed by atoms with van der Waals surface area (Å²) in [5.41, 5.74) is 0.887. The maximum atomic E-state index is 11.2. The monoisotopic (exact) mass is 286 g/mol. The van der Waals surface area contributed by atoms with E-state index in [1.807, 2.05) is 6.92 Å². The number of anilines is 1. The average molecular weight is 286 g/mol. The normalized spacial score (nSPS) is 16.8. The van der Waals surface area contributed by atoms with Crippen molar-refractivity contribution in [3.05, 3.63) is 47.4 Å². The summed E-state index contributed by atoms with van der Waals surface area (Å²) in [5.74, 6) is 0.153. The molecule has 3 N–H and O–H groups in total. The van der Waals surface area contributed by atoms with Crippen LogP contribution in [0.4, 0.5) is 5.95 Å². The van der Waals surface area contributed by atoms with E-state index in [0.717, 1.165) is 5.56 Å². The number of phenols is 1. The van der Waals surface area contributed by atoms with Crippen molar-refractivity contribution in [3.63, 3.8) is 0 Å². The van der Waals surface area contributed by atoms with Crippen LogP contribution in [-0.4, -0.2) is 30.9 Å². The number of carboxylic acid groups (broad SMARTS) is 1. The number of rotatable bonds is 3. The number of benzene rings is 1. The molecule has 21 heavy (non-hydrogen) atoms. The van der Waals surface area contributed by atoms with E-state index in [0.29, 0.717) is 18.2 Å². The number of hydrogen-bond donors (Lipinski definition) is 3. The van der Waals surface area contributed by atoms with Crippen LogP contribution in [0, 0.1) is 0 Å². The quantitative estimate of drug-likeness (QED) is 0.791. The number of nitrogens with one attached hydrogen (secondary N) is 1.